The quantitative estimate of drug-likeness (QED) is 0.741. The van der Waals surface area contributed by atoms with Crippen molar-refractivity contribution in [1.82, 2.24) is 4.90 Å². The Hall–Kier alpha value is -0.610. The monoisotopic (exact) mass is 227 g/mol. The molecule has 0 unspecified atom stereocenters. The van der Waals surface area contributed by atoms with Crippen LogP contribution in [-0.4, -0.2) is 49.3 Å². The molecule has 0 amide bonds. The van der Waals surface area contributed by atoms with E-state index in [-0.39, 0.29) is 0 Å². The molecule has 2 fully saturated rings. The van der Waals surface area contributed by atoms with Gasteiger partial charge >= 0.3 is 5.97 Å². The zero-order chi connectivity index (χ0) is 11.6. The van der Waals surface area contributed by atoms with Gasteiger partial charge in [0.15, 0.2) is 0 Å². The largest absolute Gasteiger partial charge is 0.481 e. The Morgan fingerprint density at radius 1 is 1.50 bits per heavy atom. The summed E-state index contributed by atoms with van der Waals surface area (Å²) in [6, 6.07) is 0. The molecule has 1 N–H and O–H groups in total. The minimum atomic E-state index is -0.714. The number of carbonyl (C=O) groups is 1. The van der Waals surface area contributed by atoms with Crippen molar-refractivity contribution in [2.45, 2.75) is 25.7 Å². The summed E-state index contributed by atoms with van der Waals surface area (Å²) in [5.74, 6) is 0.176. The summed E-state index contributed by atoms with van der Waals surface area (Å²) >= 11 is 0. The zero-order valence-corrected chi connectivity index (χ0v) is 9.95. The molecule has 0 bridgehead atoms. The number of aliphatic carboxylic acids is 1. The third-order valence-electron chi connectivity index (χ3n) is 3.93. The Morgan fingerprint density at radius 3 is 2.56 bits per heavy atom. The highest BCUT2D eigenvalue weighted by molar-refractivity contribution is 5.76. The molecule has 16 heavy (non-hydrogen) atoms. The lowest BCUT2D eigenvalue weighted by atomic mass is 9.82. The average molecular weight is 227 g/mol. The molecule has 2 rings (SSSR count). The van der Waals surface area contributed by atoms with Crippen LogP contribution in [0.1, 0.15) is 25.7 Å². The maximum absolute atomic E-state index is 11.1. The topological polar surface area (TPSA) is 49.8 Å². The van der Waals surface area contributed by atoms with E-state index in [0.29, 0.717) is 19.8 Å². The molecule has 4 heteroatoms. The van der Waals surface area contributed by atoms with E-state index < -0.39 is 11.4 Å². The maximum atomic E-state index is 11.1. The van der Waals surface area contributed by atoms with E-state index in [2.05, 4.69) is 4.90 Å². The van der Waals surface area contributed by atoms with Crippen LogP contribution in [0.25, 0.3) is 0 Å². The van der Waals surface area contributed by atoms with Crippen molar-refractivity contribution in [2.24, 2.45) is 11.3 Å². The third-order valence-corrected chi connectivity index (χ3v) is 3.93. The summed E-state index contributed by atoms with van der Waals surface area (Å²) in [6.45, 7) is 2.38. The maximum Gasteiger partial charge on any atom is 0.315 e. The molecule has 1 aliphatic carbocycles. The van der Waals surface area contributed by atoms with Crippen molar-refractivity contribution in [2.75, 3.05) is 33.4 Å². The van der Waals surface area contributed by atoms with E-state index in [1.54, 1.807) is 0 Å². The van der Waals surface area contributed by atoms with Crippen molar-refractivity contribution in [1.29, 1.82) is 0 Å². The fourth-order valence-electron chi connectivity index (χ4n) is 2.41. The molecule has 0 aromatic heterocycles. The lowest BCUT2D eigenvalue weighted by Gasteiger charge is -2.40. The van der Waals surface area contributed by atoms with Crippen LogP contribution in [0, 0.1) is 11.3 Å². The molecule has 1 saturated heterocycles. The van der Waals surface area contributed by atoms with Crippen molar-refractivity contribution >= 4 is 5.97 Å². The van der Waals surface area contributed by atoms with Gasteiger partial charge in [-0.3, -0.25) is 4.79 Å². The van der Waals surface area contributed by atoms with Gasteiger partial charge in [0.05, 0.1) is 13.2 Å². The third kappa shape index (κ3) is 2.38. The van der Waals surface area contributed by atoms with Gasteiger partial charge in [0.25, 0.3) is 0 Å². The van der Waals surface area contributed by atoms with E-state index in [9.17, 15) is 4.79 Å². The molecular weight excluding hydrogens is 206 g/mol. The normalized spacial score (nSPS) is 23.9. The number of carboxylic acids is 1. The fraction of sp³-hybridized carbons (Fsp3) is 0.917. The van der Waals surface area contributed by atoms with E-state index in [1.165, 1.54) is 25.7 Å². The van der Waals surface area contributed by atoms with E-state index in [4.69, 9.17) is 9.84 Å². The number of ether oxygens (including phenoxy) is 1. The highest BCUT2D eigenvalue weighted by Crippen LogP contribution is 2.31. The zero-order valence-electron chi connectivity index (χ0n) is 9.95. The first-order valence-electron chi connectivity index (χ1n) is 6.12. The molecular formula is C12H21NO3. The first-order valence-corrected chi connectivity index (χ1v) is 6.12. The number of carboxylic acid groups (broad SMARTS) is 1. The first kappa shape index (κ1) is 11.9. The van der Waals surface area contributed by atoms with Crippen LogP contribution in [0.4, 0.5) is 0 Å². The molecule has 1 aliphatic heterocycles. The molecule has 0 aromatic rings. The highest BCUT2D eigenvalue weighted by atomic mass is 16.5. The van der Waals surface area contributed by atoms with Gasteiger partial charge in [-0.25, -0.2) is 0 Å². The molecule has 1 heterocycles. The lowest BCUT2D eigenvalue weighted by Crippen LogP contribution is -2.55. The molecule has 92 valence electrons. The molecule has 2 aliphatic rings. The predicted molar refractivity (Wildman–Crippen MR) is 60.3 cm³/mol. The van der Waals surface area contributed by atoms with Crippen LogP contribution < -0.4 is 0 Å². The van der Waals surface area contributed by atoms with E-state index >= 15 is 0 Å². The predicted octanol–water partition coefficient (Wildman–Crippen LogP) is 1.21. The van der Waals surface area contributed by atoms with E-state index in [0.717, 1.165) is 12.5 Å². The Labute approximate surface area is 96.6 Å². The molecule has 4 nitrogen and oxygen atoms in total. The lowest BCUT2D eigenvalue weighted by molar-refractivity contribution is -0.182. The standard InChI is InChI=1S/C12H21NO3/c1-13(6-5-10-3-2-4-10)7-12(11(14)15)8-16-9-12/h10H,2-9H2,1H3,(H,14,15). The summed E-state index contributed by atoms with van der Waals surface area (Å²) in [5, 5.41) is 9.16. The van der Waals surface area contributed by atoms with Crippen LogP contribution in [0.3, 0.4) is 0 Å². The Kier molecular flexibility index (Phi) is 3.50. The Bertz CT molecular complexity index is 259. The molecule has 1 saturated carbocycles. The van der Waals surface area contributed by atoms with Crippen LogP contribution >= 0.6 is 0 Å². The second-order valence-corrected chi connectivity index (χ2v) is 5.40. The first-order chi connectivity index (χ1) is 7.62. The van der Waals surface area contributed by atoms with Gasteiger partial charge in [0.2, 0.25) is 0 Å². The van der Waals surface area contributed by atoms with Gasteiger partial charge in [-0.1, -0.05) is 19.3 Å². The SMILES string of the molecule is CN(CCC1CCC1)CC1(C(=O)O)COC1. The van der Waals surface area contributed by atoms with Crippen LogP contribution in [0.2, 0.25) is 0 Å². The second-order valence-electron chi connectivity index (χ2n) is 5.40. The number of hydrogen-bond donors (Lipinski definition) is 1. The molecule has 0 spiro atoms. The molecule has 0 aromatic carbocycles. The fourth-order valence-corrected chi connectivity index (χ4v) is 2.41. The van der Waals surface area contributed by atoms with Crippen LogP contribution in [0.5, 0.6) is 0 Å². The van der Waals surface area contributed by atoms with Crippen molar-refractivity contribution in [3.8, 4) is 0 Å². The summed E-state index contributed by atoms with van der Waals surface area (Å²) in [4.78, 5) is 13.3. The van der Waals surface area contributed by atoms with Crippen molar-refractivity contribution in [3.63, 3.8) is 0 Å². The average Bonchev–Trinajstić information content (AvgIpc) is 2.08. The van der Waals surface area contributed by atoms with Gasteiger partial charge in [-0.2, -0.15) is 0 Å². The molecule has 0 atom stereocenters. The van der Waals surface area contributed by atoms with Crippen molar-refractivity contribution in [3.05, 3.63) is 0 Å². The molecule has 0 radical (unpaired) electrons. The summed E-state index contributed by atoms with van der Waals surface area (Å²) in [7, 11) is 2.02. The van der Waals surface area contributed by atoms with Crippen LogP contribution in [0.15, 0.2) is 0 Å². The van der Waals surface area contributed by atoms with Gasteiger partial charge in [-0.05, 0) is 25.9 Å². The summed E-state index contributed by atoms with van der Waals surface area (Å²) < 4.78 is 5.05. The highest BCUT2D eigenvalue weighted by Gasteiger charge is 2.46. The minimum Gasteiger partial charge on any atom is -0.481 e. The number of hydrogen-bond acceptors (Lipinski definition) is 3. The van der Waals surface area contributed by atoms with Crippen LogP contribution in [-0.2, 0) is 9.53 Å². The number of rotatable bonds is 6. The van der Waals surface area contributed by atoms with Gasteiger partial charge < -0.3 is 14.7 Å². The Morgan fingerprint density at radius 2 is 2.19 bits per heavy atom. The second kappa shape index (κ2) is 4.72. The van der Waals surface area contributed by atoms with Gasteiger partial charge in [0, 0.05) is 6.54 Å². The Balaban J connectivity index is 1.72. The van der Waals surface area contributed by atoms with E-state index in [1.807, 2.05) is 7.05 Å². The number of nitrogens with zero attached hydrogens (tertiary/aromatic N) is 1. The minimum absolute atomic E-state index is 0.371. The van der Waals surface area contributed by atoms with Crippen molar-refractivity contribution < 1.29 is 14.6 Å². The van der Waals surface area contributed by atoms with Gasteiger partial charge in [-0.15, -0.1) is 0 Å². The van der Waals surface area contributed by atoms with Gasteiger partial charge in [0.1, 0.15) is 5.41 Å². The summed E-state index contributed by atoms with van der Waals surface area (Å²) in [6.07, 6.45) is 5.32. The smallest absolute Gasteiger partial charge is 0.315 e. The summed E-state index contributed by atoms with van der Waals surface area (Å²) in [5.41, 5.74) is -0.631.